The van der Waals surface area contributed by atoms with Crippen molar-refractivity contribution in [2.24, 2.45) is 0 Å². The normalized spacial score (nSPS) is 11.8. The van der Waals surface area contributed by atoms with Crippen LogP contribution in [0.1, 0.15) is 32.0 Å². The highest BCUT2D eigenvalue weighted by atomic mass is 35.5. The Labute approximate surface area is 114 Å². The molecule has 0 spiro atoms. The van der Waals surface area contributed by atoms with E-state index in [1.54, 1.807) is 13.3 Å². The van der Waals surface area contributed by atoms with Crippen molar-refractivity contribution in [1.82, 2.24) is 15.1 Å². The van der Waals surface area contributed by atoms with Crippen LogP contribution < -0.4 is 5.32 Å². The van der Waals surface area contributed by atoms with Crippen molar-refractivity contribution in [3.8, 4) is 0 Å². The van der Waals surface area contributed by atoms with Crippen molar-refractivity contribution in [1.29, 1.82) is 0 Å². The number of rotatable bonds is 8. The van der Waals surface area contributed by atoms with Crippen molar-refractivity contribution < 1.29 is 4.74 Å². The van der Waals surface area contributed by atoms with E-state index in [1.807, 2.05) is 10.8 Å². The monoisotopic (exact) mass is 271 g/mol. The number of aromatic nitrogens is 2. The molecule has 1 aromatic heterocycles. The van der Waals surface area contributed by atoms with E-state index < -0.39 is 0 Å². The molecule has 0 aromatic carbocycles. The zero-order valence-corrected chi connectivity index (χ0v) is 12.1. The Balaban J connectivity index is 2.39. The molecule has 0 fully saturated rings. The third kappa shape index (κ3) is 4.80. The molecule has 0 saturated heterocycles. The minimum absolute atomic E-state index is 0.317. The zero-order chi connectivity index (χ0) is 13.4. The second-order valence-corrected chi connectivity index (χ2v) is 4.76. The molecule has 102 valence electrons. The number of nitrogens with zero attached hydrogens (tertiary/aromatic N) is 2. The second kappa shape index (κ2) is 8.29. The summed E-state index contributed by atoms with van der Waals surface area (Å²) in [6.45, 7) is 6.75. The molecule has 0 radical (unpaired) electrons. The standard InChI is InChI=1S/C13H22ClN3O/c1-11(2)17-13(12(14)10-16-17)6-4-5-7-15-8-9-18-3/h4,6,10-11,15H,5,7-9H2,1-3H3/b6-4+. The van der Waals surface area contributed by atoms with E-state index in [0.717, 1.165) is 31.8 Å². The average Bonchev–Trinajstić information content (AvgIpc) is 2.70. The van der Waals surface area contributed by atoms with Crippen LogP contribution in [-0.4, -0.2) is 36.6 Å². The molecule has 0 aliphatic rings. The molecule has 0 aliphatic heterocycles. The number of ether oxygens (including phenoxy) is 1. The lowest BCUT2D eigenvalue weighted by atomic mass is 10.3. The molecule has 0 amide bonds. The van der Waals surface area contributed by atoms with Crippen LogP contribution in [0.25, 0.3) is 6.08 Å². The second-order valence-electron chi connectivity index (χ2n) is 4.35. The first-order valence-corrected chi connectivity index (χ1v) is 6.63. The maximum absolute atomic E-state index is 6.10. The summed E-state index contributed by atoms with van der Waals surface area (Å²) < 4.78 is 6.88. The van der Waals surface area contributed by atoms with E-state index >= 15 is 0 Å². The lowest BCUT2D eigenvalue weighted by molar-refractivity contribution is 0.199. The topological polar surface area (TPSA) is 39.1 Å². The number of nitrogens with one attached hydrogen (secondary N) is 1. The lowest BCUT2D eigenvalue weighted by Crippen LogP contribution is -2.19. The van der Waals surface area contributed by atoms with E-state index in [-0.39, 0.29) is 0 Å². The van der Waals surface area contributed by atoms with Gasteiger partial charge in [-0.1, -0.05) is 17.7 Å². The SMILES string of the molecule is COCCNCC/C=C/c1c(Cl)cnn1C(C)C. The van der Waals surface area contributed by atoms with Crippen LogP contribution in [0.4, 0.5) is 0 Å². The van der Waals surface area contributed by atoms with Crippen LogP contribution in [0.15, 0.2) is 12.3 Å². The highest BCUT2D eigenvalue weighted by Crippen LogP contribution is 2.20. The van der Waals surface area contributed by atoms with Crippen LogP contribution in [0.5, 0.6) is 0 Å². The Morgan fingerprint density at radius 2 is 2.28 bits per heavy atom. The van der Waals surface area contributed by atoms with Gasteiger partial charge in [0.1, 0.15) is 0 Å². The molecule has 0 aliphatic carbocycles. The maximum atomic E-state index is 6.10. The van der Waals surface area contributed by atoms with Crippen molar-refractivity contribution in [3.05, 3.63) is 23.0 Å². The van der Waals surface area contributed by atoms with Gasteiger partial charge in [-0.3, -0.25) is 4.68 Å². The van der Waals surface area contributed by atoms with Gasteiger partial charge in [0.05, 0.1) is 23.5 Å². The van der Waals surface area contributed by atoms with E-state index in [1.165, 1.54) is 0 Å². The van der Waals surface area contributed by atoms with Gasteiger partial charge in [0.25, 0.3) is 0 Å². The van der Waals surface area contributed by atoms with Crippen LogP contribution in [-0.2, 0) is 4.74 Å². The van der Waals surface area contributed by atoms with Crippen LogP contribution in [0.2, 0.25) is 5.02 Å². The average molecular weight is 272 g/mol. The van der Waals surface area contributed by atoms with Crippen molar-refractivity contribution in [2.45, 2.75) is 26.3 Å². The minimum Gasteiger partial charge on any atom is -0.383 e. The minimum atomic E-state index is 0.317. The molecule has 0 unspecified atom stereocenters. The largest absolute Gasteiger partial charge is 0.383 e. The predicted molar refractivity (Wildman–Crippen MR) is 76.0 cm³/mol. The van der Waals surface area contributed by atoms with Crippen molar-refractivity contribution in [3.63, 3.8) is 0 Å². The Hall–Kier alpha value is -0.840. The molecule has 1 N–H and O–H groups in total. The number of halogens is 1. The van der Waals surface area contributed by atoms with Gasteiger partial charge in [0.15, 0.2) is 0 Å². The van der Waals surface area contributed by atoms with Crippen LogP contribution in [0, 0.1) is 0 Å². The molecule has 1 aromatic rings. The molecule has 0 bridgehead atoms. The Morgan fingerprint density at radius 1 is 1.50 bits per heavy atom. The molecular formula is C13H22ClN3O. The lowest BCUT2D eigenvalue weighted by Gasteiger charge is -2.08. The fraction of sp³-hybridized carbons (Fsp3) is 0.615. The summed E-state index contributed by atoms with van der Waals surface area (Å²) >= 11 is 6.10. The molecule has 5 heteroatoms. The Morgan fingerprint density at radius 3 is 2.94 bits per heavy atom. The van der Waals surface area contributed by atoms with Crippen molar-refractivity contribution in [2.75, 3.05) is 26.8 Å². The van der Waals surface area contributed by atoms with Gasteiger partial charge < -0.3 is 10.1 Å². The third-order valence-corrected chi connectivity index (χ3v) is 2.81. The fourth-order valence-corrected chi connectivity index (χ4v) is 1.79. The highest BCUT2D eigenvalue weighted by Gasteiger charge is 2.07. The Kier molecular flexibility index (Phi) is 7.01. The predicted octanol–water partition coefficient (Wildman–Crippen LogP) is 2.76. The molecule has 1 heterocycles. The number of methoxy groups -OCH3 is 1. The molecule has 4 nitrogen and oxygen atoms in total. The zero-order valence-electron chi connectivity index (χ0n) is 11.3. The van der Waals surface area contributed by atoms with Gasteiger partial charge in [0.2, 0.25) is 0 Å². The quantitative estimate of drug-likeness (QED) is 0.739. The Bertz CT molecular complexity index is 374. The molecule has 1 rings (SSSR count). The summed E-state index contributed by atoms with van der Waals surface area (Å²) in [6, 6.07) is 0.317. The maximum Gasteiger partial charge on any atom is 0.0859 e. The van der Waals surface area contributed by atoms with Gasteiger partial charge in [-0.2, -0.15) is 5.10 Å². The van der Waals surface area contributed by atoms with E-state index in [2.05, 4.69) is 30.3 Å². The van der Waals surface area contributed by atoms with Gasteiger partial charge >= 0.3 is 0 Å². The number of hydrogen-bond acceptors (Lipinski definition) is 3. The third-order valence-electron chi connectivity index (χ3n) is 2.52. The summed E-state index contributed by atoms with van der Waals surface area (Å²) in [5, 5.41) is 8.24. The number of hydrogen-bond donors (Lipinski definition) is 1. The van der Waals surface area contributed by atoms with Gasteiger partial charge in [-0.25, -0.2) is 0 Å². The molecule has 0 saturated carbocycles. The van der Waals surface area contributed by atoms with E-state index in [0.29, 0.717) is 11.1 Å². The first kappa shape index (κ1) is 15.2. The summed E-state index contributed by atoms with van der Waals surface area (Å²) in [6.07, 6.45) is 6.80. The smallest absolute Gasteiger partial charge is 0.0859 e. The summed E-state index contributed by atoms with van der Waals surface area (Å²) in [7, 11) is 1.71. The van der Waals surface area contributed by atoms with Gasteiger partial charge in [-0.15, -0.1) is 0 Å². The van der Waals surface area contributed by atoms with Crippen molar-refractivity contribution >= 4 is 17.7 Å². The molecular weight excluding hydrogens is 250 g/mol. The first-order valence-electron chi connectivity index (χ1n) is 6.26. The summed E-state index contributed by atoms with van der Waals surface area (Å²) in [5.41, 5.74) is 0.976. The fourth-order valence-electron chi connectivity index (χ4n) is 1.60. The summed E-state index contributed by atoms with van der Waals surface area (Å²) in [4.78, 5) is 0. The van der Waals surface area contributed by atoms with E-state index in [9.17, 15) is 0 Å². The summed E-state index contributed by atoms with van der Waals surface area (Å²) in [5.74, 6) is 0. The van der Waals surface area contributed by atoms with Crippen LogP contribution >= 0.6 is 11.6 Å². The molecule has 18 heavy (non-hydrogen) atoms. The van der Waals surface area contributed by atoms with Crippen LogP contribution in [0.3, 0.4) is 0 Å². The highest BCUT2D eigenvalue weighted by molar-refractivity contribution is 6.31. The first-order chi connectivity index (χ1) is 8.66. The van der Waals surface area contributed by atoms with E-state index in [4.69, 9.17) is 16.3 Å². The van der Waals surface area contributed by atoms with Gasteiger partial charge in [-0.05, 0) is 32.9 Å². The van der Waals surface area contributed by atoms with Gasteiger partial charge in [0, 0.05) is 19.7 Å². The molecule has 0 atom stereocenters.